The van der Waals surface area contributed by atoms with E-state index in [1.807, 2.05) is 12.1 Å². The first-order valence-corrected chi connectivity index (χ1v) is 7.02. The van der Waals surface area contributed by atoms with Crippen LogP contribution in [0.2, 0.25) is 0 Å². The lowest BCUT2D eigenvalue weighted by Crippen LogP contribution is -2.11. The van der Waals surface area contributed by atoms with Crippen LogP contribution in [0, 0.1) is 0 Å². The second-order valence-corrected chi connectivity index (χ2v) is 6.12. The van der Waals surface area contributed by atoms with Crippen molar-refractivity contribution in [3.63, 3.8) is 0 Å². The Labute approximate surface area is 126 Å². The molecule has 0 N–H and O–H groups in total. The van der Waals surface area contributed by atoms with Crippen LogP contribution in [0.3, 0.4) is 0 Å². The number of carbonyl (C=O) groups is 1. The number of benzene rings is 1. The predicted molar refractivity (Wildman–Crippen MR) is 84.0 cm³/mol. The fourth-order valence-electron chi connectivity index (χ4n) is 2.18. The van der Waals surface area contributed by atoms with Gasteiger partial charge in [-0.2, -0.15) is 0 Å². The van der Waals surface area contributed by atoms with E-state index in [0.29, 0.717) is 17.7 Å². The molecule has 1 aromatic carbocycles. The summed E-state index contributed by atoms with van der Waals surface area (Å²) in [5, 5.41) is 0. The Bertz CT molecular complexity index is 624. The molecule has 2 aromatic rings. The van der Waals surface area contributed by atoms with Gasteiger partial charge in [-0.1, -0.05) is 45.0 Å². The van der Waals surface area contributed by atoms with Crippen molar-refractivity contribution in [2.75, 3.05) is 7.11 Å². The van der Waals surface area contributed by atoms with Crippen molar-refractivity contribution in [1.29, 1.82) is 0 Å². The lowest BCUT2D eigenvalue weighted by molar-refractivity contribution is 0.0990. The van der Waals surface area contributed by atoms with Crippen LogP contribution in [0.25, 0.3) is 0 Å². The number of hydrogen-bond donors (Lipinski definition) is 0. The fourth-order valence-corrected chi connectivity index (χ4v) is 2.18. The van der Waals surface area contributed by atoms with E-state index in [-0.39, 0.29) is 11.2 Å². The molecule has 1 aromatic heterocycles. The van der Waals surface area contributed by atoms with Gasteiger partial charge in [0.2, 0.25) is 0 Å². The van der Waals surface area contributed by atoms with Crippen molar-refractivity contribution in [1.82, 2.24) is 4.98 Å². The molecule has 3 nitrogen and oxygen atoms in total. The highest BCUT2D eigenvalue weighted by molar-refractivity contribution is 5.99. The van der Waals surface area contributed by atoms with Gasteiger partial charge in [-0.3, -0.25) is 9.78 Å². The summed E-state index contributed by atoms with van der Waals surface area (Å²) in [4.78, 5) is 16.3. The molecule has 0 atom stereocenters. The minimum atomic E-state index is 0.0396. The molecule has 0 radical (unpaired) electrons. The van der Waals surface area contributed by atoms with E-state index in [0.717, 1.165) is 5.56 Å². The standard InChI is InChI=1S/C18H21NO2/c1-18(2,3)14-7-5-13(6-8-14)11-16(20)15-9-10-19-12-17(15)21-4/h5-10,12H,11H2,1-4H3. The summed E-state index contributed by atoms with van der Waals surface area (Å²) in [6.07, 6.45) is 3.54. The Balaban J connectivity index is 2.16. The van der Waals surface area contributed by atoms with Crippen LogP contribution in [0.4, 0.5) is 0 Å². The van der Waals surface area contributed by atoms with Crippen molar-refractivity contribution in [2.45, 2.75) is 32.6 Å². The first-order chi connectivity index (χ1) is 9.91. The van der Waals surface area contributed by atoms with E-state index < -0.39 is 0 Å². The lowest BCUT2D eigenvalue weighted by Gasteiger charge is -2.19. The van der Waals surface area contributed by atoms with Crippen molar-refractivity contribution >= 4 is 5.78 Å². The number of hydrogen-bond acceptors (Lipinski definition) is 3. The second kappa shape index (κ2) is 6.08. The lowest BCUT2D eigenvalue weighted by atomic mass is 9.86. The van der Waals surface area contributed by atoms with Gasteiger partial charge < -0.3 is 4.74 Å². The van der Waals surface area contributed by atoms with Crippen molar-refractivity contribution in [3.05, 3.63) is 59.4 Å². The summed E-state index contributed by atoms with van der Waals surface area (Å²) in [6.45, 7) is 6.53. The first-order valence-electron chi connectivity index (χ1n) is 7.02. The van der Waals surface area contributed by atoms with Crippen LogP contribution in [0.5, 0.6) is 5.75 Å². The number of ether oxygens (including phenoxy) is 1. The third-order valence-electron chi connectivity index (χ3n) is 3.49. The average molecular weight is 283 g/mol. The maximum atomic E-state index is 12.4. The number of ketones is 1. The molecule has 2 rings (SSSR count). The topological polar surface area (TPSA) is 39.2 Å². The number of Topliss-reactive ketones (excluding diaryl/α,β-unsaturated/α-hetero) is 1. The summed E-state index contributed by atoms with van der Waals surface area (Å²) in [5.41, 5.74) is 2.97. The highest BCUT2D eigenvalue weighted by Gasteiger charge is 2.15. The summed E-state index contributed by atoms with van der Waals surface area (Å²) in [7, 11) is 1.55. The SMILES string of the molecule is COc1cnccc1C(=O)Cc1ccc(C(C)(C)C)cc1. The maximum absolute atomic E-state index is 12.4. The van der Waals surface area contributed by atoms with Crippen molar-refractivity contribution < 1.29 is 9.53 Å². The zero-order chi connectivity index (χ0) is 15.5. The molecular weight excluding hydrogens is 262 g/mol. The molecule has 0 aliphatic heterocycles. The Hall–Kier alpha value is -2.16. The van der Waals surface area contributed by atoms with Crippen LogP contribution in [0.1, 0.15) is 42.3 Å². The molecule has 0 saturated heterocycles. The third kappa shape index (κ3) is 3.69. The quantitative estimate of drug-likeness (QED) is 0.801. The smallest absolute Gasteiger partial charge is 0.171 e. The van der Waals surface area contributed by atoms with Crippen molar-refractivity contribution in [2.24, 2.45) is 0 Å². The van der Waals surface area contributed by atoms with E-state index >= 15 is 0 Å². The zero-order valence-corrected chi connectivity index (χ0v) is 13.0. The van der Waals surface area contributed by atoms with Gasteiger partial charge >= 0.3 is 0 Å². The van der Waals surface area contributed by atoms with Crippen molar-refractivity contribution in [3.8, 4) is 5.75 Å². The normalized spacial score (nSPS) is 11.2. The number of nitrogens with zero attached hydrogens (tertiary/aromatic N) is 1. The monoisotopic (exact) mass is 283 g/mol. The van der Waals surface area contributed by atoms with Crippen LogP contribution in [-0.2, 0) is 11.8 Å². The van der Waals surface area contributed by atoms with Gasteiger partial charge in [0.15, 0.2) is 5.78 Å². The van der Waals surface area contributed by atoms with Crippen LogP contribution in [0.15, 0.2) is 42.7 Å². The molecule has 0 bridgehead atoms. The fraction of sp³-hybridized carbons (Fsp3) is 0.333. The Morgan fingerprint density at radius 3 is 2.38 bits per heavy atom. The summed E-state index contributed by atoms with van der Waals surface area (Å²) >= 11 is 0. The Kier molecular flexibility index (Phi) is 4.41. The number of pyridine rings is 1. The molecule has 0 aliphatic carbocycles. The van der Waals surface area contributed by atoms with Crippen LogP contribution in [-0.4, -0.2) is 17.9 Å². The molecule has 0 unspecified atom stereocenters. The van der Waals surface area contributed by atoms with E-state index in [9.17, 15) is 4.79 Å². The molecule has 110 valence electrons. The summed E-state index contributed by atoms with van der Waals surface area (Å²) < 4.78 is 5.18. The molecule has 0 saturated carbocycles. The Morgan fingerprint density at radius 2 is 1.81 bits per heavy atom. The number of methoxy groups -OCH3 is 1. The van der Waals surface area contributed by atoms with E-state index in [1.54, 1.807) is 25.6 Å². The van der Waals surface area contributed by atoms with Gasteiger partial charge in [0, 0.05) is 12.6 Å². The summed E-state index contributed by atoms with van der Waals surface area (Å²) in [5.74, 6) is 0.562. The van der Waals surface area contributed by atoms with Gasteiger partial charge in [-0.25, -0.2) is 0 Å². The zero-order valence-electron chi connectivity index (χ0n) is 13.0. The molecule has 0 fully saturated rings. The minimum Gasteiger partial charge on any atom is -0.494 e. The van der Waals surface area contributed by atoms with Gasteiger partial charge in [-0.05, 0) is 22.6 Å². The molecule has 21 heavy (non-hydrogen) atoms. The Morgan fingerprint density at radius 1 is 1.14 bits per heavy atom. The third-order valence-corrected chi connectivity index (χ3v) is 3.49. The highest BCUT2D eigenvalue weighted by Crippen LogP contribution is 2.23. The summed E-state index contributed by atoms with van der Waals surface area (Å²) in [6, 6.07) is 9.92. The van der Waals surface area contributed by atoms with E-state index in [4.69, 9.17) is 4.74 Å². The molecule has 0 spiro atoms. The average Bonchev–Trinajstić information content (AvgIpc) is 2.46. The van der Waals surface area contributed by atoms with Gasteiger partial charge in [0.05, 0.1) is 18.9 Å². The molecular formula is C18H21NO2. The van der Waals surface area contributed by atoms with Crippen LogP contribution >= 0.6 is 0 Å². The first kappa shape index (κ1) is 15.2. The number of carbonyl (C=O) groups excluding carboxylic acids is 1. The maximum Gasteiger partial charge on any atom is 0.171 e. The number of aromatic nitrogens is 1. The minimum absolute atomic E-state index is 0.0396. The molecule has 3 heteroatoms. The second-order valence-electron chi connectivity index (χ2n) is 6.12. The van der Waals surface area contributed by atoms with E-state index in [2.05, 4.69) is 37.9 Å². The largest absolute Gasteiger partial charge is 0.494 e. The van der Waals surface area contributed by atoms with Crippen LogP contribution < -0.4 is 4.74 Å². The van der Waals surface area contributed by atoms with Gasteiger partial charge in [-0.15, -0.1) is 0 Å². The molecule has 1 heterocycles. The predicted octanol–water partition coefficient (Wildman–Crippen LogP) is 3.81. The van der Waals surface area contributed by atoms with Gasteiger partial charge in [0.25, 0.3) is 0 Å². The number of rotatable bonds is 4. The molecule has 0 amide bonds. The van der Waals surface area contributed by atoms with Gasteiger partial charge in [0.1, 0.15) is 5.75 Å². The highest BCUT2D eigenvalue weighted by atomic mass is 16.5. The van der Waals surface area contributed by atoms with E-state index in [1.165, 1.54) is 5.56 Å². The molecule has 0 aliphatic rings.